The number of rotatable bonds is 6. The van der Waals surface area contributed by atoms with Crippen molar-refractivity contribution in [2.75, 3.05) is 26.8 Å². The summed E-state index contributed by atoms with van der Waals surface area (Å²) in [6, 6.07) is 0.610. The Bertz CT molecular complexity index is 232. The number of Topliss-reactive ketones (excluding diaryl/α,β-unsaturated/α-hetero) is 1. The summed E-state index contributed by atoms with van der Waals surface area (Å²) in [4.78, 5) is 14.5. The quantitative estimate of drug-likeness (QED) is 0.715. The highest BCUT2D eigenvalue weighted by Gasteiger charge is 2.26. The maximum atomic E-state index is 12.1. The van der Waals surface area contributed by atoms with Crippen molar-refractivity contribution in [3.63, 3.8) is 0 Å². The second-order valence-corrected chi connectivity index (χ2v) is 5.63. The van der Waals surface area contributed by atoms with E-state index in [2.05, 4.69) is 25.7 Å². The zero-order valence-electron chi connectivity index (χ0n) is 11.7. The highest BCUT2D eigenvalue weighted by atomic mass is 16.5. The molecule has 1 aliphatic heterocycles. The van der Waals surface area contributed by atoms with Gasteiger partial charge in [-0.3, -0.25) is 4.79 Å². The lowest BCUT2D eigenvalue weighted by Gasteiger charge is -2.34. The van der Waals surface area contributed by atoms with Gasteiger partial charge in [-0.05, 0) is 45.7 Å². The molecule has 0 radical (unpaired) electrons. The van der Waals surface area contributed by atoms with Gasteiger partial charge >= 0.3 is 0 Å². The average Bonchev–Trinajstić information content (AvgIpc) is 2.29. The Kier molecular flexibility index (Phi) is 6.14. The normalized spacial score (nSPS) is 20.8. The number of likely N-dealkylation sites (tertiary alicyclic amines) is 1. The molecule has 1 heterocycles. The molecule has 0 spiro atoms. The molecule has 100 valence electrons. The van der Waals surface area contributed by atoms with Crippen LogP contribution in [-0.4, -0.2) is 43.5 Å². The van der Waals surface area contributed by atoms with Gasteiger partial charge in [-0.1, -0.05) is 6.92 Å². The van der Waals surface area contributed by atoms with Gasteiger partial charge in [0, 0.05) is 32.1 Å². The van der Waals surface area contributed by atoms with Crippen LogP contribution >= 0.6 is 0 Å². The van der Waals surface area contributed by atoms with Gasteiger partial charge in [0.15, 0.2) is 0 Å². The minimum absolute atomic E-state index is 0.296. The number of piperidine rings is 1. The van der Waals surface area contributed by atoms with Crippen LogP contribution in [0.25, 0.3) is 0 Å². The van der Waals surface area contributed by atoms with Crippen LogP contribution in [0.1, 0.15) is 40.0 Å². The Morgan fingerprint density at radius 3 is 2.35 bits per heavy atom. The summed E-state index contributed by atoms with van der Waals surface area (Å²) >= 11 is 0. The van der Waals surface area contributed by atoms with Gasteiger partial charge in [0.05, 0.1) is 0 Å². The second kappa shape index (κ2) is 7.12. The third-order valence-electron chi connectivity index (χ3n) is 3.72. The van der Waals surface area contributed by atoms with Crippen LogP contribution in [0.2, 0.25) is 0 Å². The van der Waals surface area contributed by atoms with Gasteiger partial charge in [-0.15, -0.1) is 0 Å². The van der Waals surface area contributed by atoms with Gasteiger partial charge in [0.2, 0.25) is 0 Å². The van der Waals surface area contributed by atoms with Crippen LogP contribution in [0.3, 0.4) is 0 Å². The minimum atomic E-state index is 0.296. The molecule has 0 N–H and O–H groups in total. The van der Waals surface area contributed by atoms with Crippen LogP contribution in [0.4, 0.5) is 0 Å². The Morgan fingerprint density at radius 2 is 1.88 bits per heavy atom. The summed E-state index contributed by atoms with van der Waals surface area (Å²) < 4.78 is 5.08. The minimum Gasteiger partial charge on any atom is -0.384 e. The zero-order valence-corrected chi connectivity index (χ0v) is 11.7. The smallest absolute Gasteiger partial charge is 0.136 e. The van der Waals surface area contributed by atoms with Crippen molar-refractivity contribution in [3.8, 4) is 0 Å². The molecule has 0 aromatic rings. The van der Waals surface area contributed by atoms with Crippen molar-refractivity contribution in [1.29, 1.82) is 0 Å². The lowest BCUT2D eigenvalue weighted by molar-refractivity contribution is -0.125. The summed E-state index contributed by atoms with van der Waals surface area (Å²) in [5.74, 6) is 1.10. The summed E-state index contributed by atoms with van der Waals surface area (Å²) in [6.45, 7) is 9.38. The molecular formula is C14H27NO2. The van der Waals surface area contributed by atoms with E-state index < -0.39 is 0 Å². The van der Waals surface area contributed by atoms with Crippen LogP contribution in [0.15, 0.2) is 0 Å². The highest BCUT2D eigenvalue weighted by molar-refractivity contribution is 5.81. The first-order valence-electron chi connectivity index (χ1n) is 6.80. The average molecular weight is 241 g/mol. The molecule has 1 rings (SSSR count). The first kappa shape index (κ1) is 14.7. The standard InChI is InChI=1S/C14H27NO2/c1-11(2)15-7-5-13(6-8-15)14(16)9-12(3)10-17-4/h11-13H,5-10H2,1-4H3. The maximum absolute atomic E-state index is 12.1. The Hall–Kier alpha value is -0.410. The SMILES string of the molecule is COCC(C)CC(=O)C1CCN(C(C)C)CC1. The molecule has 3 heteroatoms. The van der Waals surface area contributed by atoms with Crippen LogP contribution in [-0.2, 0) is 9.53 Å². The van der Waals surface area contributed by atoms with Crippen molar-refractivity contribution in [1.82, 2.24) is 4.90 Å². The third kappa shape index (κ3) is 4.76. The molecule has 1 saturated heterocycles. The fourth-order valence-electron chi connectivity index (χ4n) is 2.59. The van der Waals surface area contributed by atoms with Gasteiger partial charge < -0.3 is 9.64 Å². The van der Waals surface area contributed by atoms with E-state index in [4.69, 9.17) is 4.74 Å². The molecule has 1 unspecified atom stereocenters. The van der Waals surface area contributed by atoms with Crippen molar-refractivity contribution in [2.45, 2.75) is 46.1 Å². The first-order chi connectivity index (χ1) is 8.04. The molecule has 0 saturated carbocycles. The van der Waals surface area contributed by atoms with Crippen molar-refractivity contribution in [2.24, 2.45) is 11.8 Å². The monoisotopic (exact) mass is 241 g/mol. The Morgan fingerprint density at radius 1 is 1.29 bits per heavy atom. The molecular weight excluding hydrogens is 214 g/mol. The van der Waals surface area contributed by atoms with E-state index in [-0.39, 0.29) is 0 Å². The van der Waals surface area contributed by atoms with E-state index >= 15 is 0 Å². The van der Waals surface area contributed by atoms with E-state index in [1.165, 1.54) is 0 Å². The van der Waals surface area contributed by atoms with Crippen molar-refractivity contribution in [3.05, 3.63) is 0 Å². The second-order valence-electron chi connectivity index (χ2n) is 5.63. The summed E-state index contributed by atoms with van der Waals surface area (Å²) in [5, 5.41) is 0. The van der Waals surface area contributed by atoms with E-state index in [1.54, 1.807) is 7.11 Å². The molecule has 0 aromatic carbocycles. The van der Waals surface area contributed by atoms with Crippen LogP contribution < -0.4 is 0 Å². The number of ether oxygens (including phenoxy) is 1. The van der Waals surface area contributed by atoms with Gasteiger partial charge in [0.1, 0.15) is 5.78 Å². The lowest BCUT2D eigenvalue weighted by Crippen LogP contribution is -2.40. The number of carbonyl (C=O) groups excluding carboxylic acids is 1. The van der Waals surface area contributed by atoms with Gasteiger partial charge in [-0.2, -0.15) is 0 Å². The summed E-state index contributed by atoms with van der Waals surface area (Å²) in [6.07, 6.45) is 2.76. The first-order valence-corrected chi connectivity index (χ1v) is 6.80. The number of hydrogen-bond donors (Lipinski definition) is 0. The Balaban J connectivity index is 2.30. The largest absolute Gasteiger partial charge is 0.384 e. The molecule has 1 fully saturated rings. The molecule has 1 aliphatic rings. The molecule has 0 bridgehead atoms. The predicted octanol–water partition coefficient (Wildman–Crippen LogP) is 2.35. The third-order valence-corrected chi connectivity index (χ3v) is 3.72. The van der Waals surface area contributed by atoms with E-state index in [0.29, 0.717) is 36.7 Å². The zero-order chi connectivity index (χ0) is 12.8. The van der Waals surface area contributed by atoms with Crippen LogP contribution in [0.5, 0.6) is 0 Å². The molecule has 0 aromatic heterocycles. The molecule has 0 aliphatic carbocycles. The number of ketones is 1. The van der Waals surface area contributed by atoms with Crippen LogP contribution in [0, 0.1) is 11.8 Å². The molecule has 0 amide bonds. The predicted molar refractivity (Wildman–Crippen MR) is 70.1 cm³/mol. The van der Waals surface area contributed by atoms with Crippen molar-refractivity contribution < 1.29 is 9.53 Å². The molecule has 17 heavy (non-hydrogen) atoms. The number of carbonyl (C=O) groups is 1. The van der Waals surface area contributed by atoms with E-state index in [1.807, 2.05) is 0 Å². The highest BCUT2D eigenvalue weighted by Crippen LogP contribution is 2.22. The fraction of sp³-hybridized carbons (Fsp3) is 0.929. The summed E-state index contributed by atoms with van der Waals surface area (Å²) in [7, 11) is 1.70. The molecule has 3 nitrogen and oxygen atoms in total. The molecule has 1 atom stereocenters. The lowest BCUT2D eigenvalue weighted by atomic mass is 9.88. The number of nitrogens with zero attached hydrogens (tertiary/aromatic N) is 1. The Labute approximate surface area is 106 Å². The van der Waals surface area contributed by atoms with E-state index in [0.717, 1.165) is 25.9 Å². The van der Waals surface area contributed by atoms with Crippen molar-refractivity contribution >= 4 is 5.78 Å². The van der Waals surface area contributed by atoms with Gasteiger partial charge in [-0.25, -0.2) is 0 Å². The summed E-state index contributed by atoms with van der Waals surface area (Å²) in [5.41, 5.74) is 0. The number of methoxy groups -OCH3 is 1. The van der Waals surface area contributed by atoms with Gasteiger partial charge in [0.25, 0.3) is 0 Å². The maximum Gasteiger partial charge on any atom is 0.136 e. The van der Waals surface area contributed by atoms with E-state index in [9.17, 15) is 4.79 Å². The number of hydrogen-bond acceptors (Lipinski definition) is 3. The topological polar surface area (TPSA) is 29.5 Å². The fourth-order valence-corrected chi connectivity index (χ4v) is 2.59.